The van der Waals surface area contributed by atoms with E-state index in [0.29, 0.717) is 5.56 Å². The third kappa shape index (κ3) is 4.67. The Morgan fingerprint density at radius 3 is 2.39 bits per heavy atom. The van der Waals surface area contributed by atoms with Gasteiger partial charge in [0.05, 0.1) is 5.56 Å². The molecule has 0 amide bonds. The van der Waals surface area contributed by atoms with E-state index in [1.807, 2.05) is 6.07 Å². The fourth-order valence-corrected chi connectivity index (χ4v) is 2.94. The van der Waals surface area contributed by atoms with Gasteiger partial charge in [0.1, 0.15) is 0 Å². The van der Waals surface area contributed by atoms with E-state index in [-0.39, 0.29) is 5.41 Å². The van der Waals surface area contributed by atoms with Gasteiger partial charge in [0, 0.05) is 18.5 Å². The summed E-state index contributed by atoms with van der Waals surface area (Å²) in [5.74, 6) is -0.880. The van der Waals surface area contributed by atoms with E-state index >= 15 is 0 Å². The van der Waals surface area contributed by atoms with Gasteiger partial charge in [0.15, 0.2) is 0 Å². The van der Waals surface area contributed by atoms with Gasteiger partial charge in [-0.2, -0.15) is 0 Å². The fourth-order valence-electron chi connectivity index (χ4n) is 2.94. The van der Waals surface area contributed by atoms with Crippen molar-refractivity contribution >= 4 is 5.97 Å². The van der Waals surface area contributed by atoms with Gasteiger partial charge in [0.2, 0.25) is 0 Å². The van der Waals surface area contributed by atoms with Gasteiger partial charge in [-0.25, -0.2) is 4.79 Å². The second kappa shape index (κ2) is 6.97. The summed E-state index contributed by atoms with van der Waals surface area (Å²) >= 11 is 0. The van der Waals surface area contributed by atoms with Gasteiger partial charge in [0.25, 0.3) is 0 Å². The maximum absolute atomic E-state index is 11.1. The number of carboxylic acid groups (broad SMARTS) is 1. The van der Waals surface area contributed by atoms with Crippen molar-refractivity contribution in [3.63, 3.8) is 0 Å². The lowest BCUT2D eigenvalue weighted by Gasteiger charge is -2.31. The number of likely N-dealkylation sites (N-methyl/N-ethyl adjacent to an activating group) is 1. The van der Waals surface area contributed by atoms with Crippen LogP contribution in [-0.4, -0.2) is 29.6 Å². The molecule has 23 heavy (non-hydrogen) atoms. The molecule has 122 valence electrons. The van der Waals surface area contributed by atoms with Crippen LogP contribution in [0.5, 0.6) is 0 Å². The summed E-state index contributed by atoms with van der Waals surface area (Å²) < 4.78 is 0. The molecule has 0 unspecified atom stereocenters. The number of hydrogen-bond acceptors (Lipinski definition) is 2. The standard InChI is InChI=1S/C20H25NO2/c1-15-8-10-18(11-9-15)20(2,3)14-21(4)13-16-6-5-7-17(12-16)19(22)23/h5-12H,13-14H2,1-4H3,(H,22,23). The van der Waals surface area contributed by atoms with E-state index < -0.39 is 5.97 Å². The van der Waals surface area contributed by atoms with Crippen LogP contribution in [0.3, 0.4) is 0 Å². The molecular weight excluding hydrogens is 286 g/mol. The van der Waals surface area contributed by atoms with Crippen LogP contribution in [0.25, 0.3) is 0 Å². The van der Waals surface area contributed by atoms with E-state index in [2.05, 4.69) is 57.0 Å². The van der Waals surface area contributed by atoms with Crippen LogP contribution >= 0.6 is 0 Å². The number of carboxylic acids is 1. The van der Waals surface area contributed by atoms with E-state index in [9.17, 15) is 4.79 Å². The molecule has 3 heteroatoms. The minimum Gasteiger partial charge on any atom is -0.478 e. The molecule has 0 saturated carbocycles. The molecule has 0 aromatic heterocycles. The summed E-state index contributed by atoms with van der Waals surface area (Å²) in [6.07, 6.45) is 0. The van der Waals surface area contributed by atoms with Crippen LogP contribution in [0.1, 0.15) is 40.9 Å². The van der Waals surface area contributed by atoms with Crippen LogP contribution in [-0.2, 0) is 12.0 Å². The zero-order chi connectivity index (χ0) is 17.0. The van der Waals surface area contributed by atoms with Crippen LogP contribution < -0.4 is 0 Å². The predicted octanol–water partition coefficient (Wildman–Crippen LogP) is 4.10. The first-order valence-electron chi connectivity index (χ1n) is 7.86. The first kappa shape index (κ1) is 17.2. The Hall–Kier alpha value is -2.13. The molecule has 0 aliphatic carbocycles. The highest BCUT2D eigenvalue weighted by atomic mass is 16.4. The summed E-state index contributed by atoms with van der Waals surface area (Å²) in [6, 6.07) is 15.8. The third-order valence-corrected chi connectivity index (χ3v) is 4.12. The topological polar surface area (TPSA) is 40.5 Å². The molecule has 0 aliphatic rings. The lowest BCUT2D eigenvalue weighted by Crippen LogP contribution is -2.34. The van der Waals surface area contributed by atoms with Crippen molar-refractivity contribution in [2.45, 2.75) is 32.7 Å². The molecule has 0 heterocycles. The number of hydrogen-bond donors (Lipinski definition) is 1. The van der Waals surface area contributed by atoms with E-state index in [1.54, 1.807) is 18.2 Å². The predicted molar refractivity (Wildman–Crippen MR) is 93.9 cm³/mol. The lowest BCUT2D eigenvalue weighted by atomic mass is 9.84. The van der Waals surface area contributed by atoms with Crippen LogP contribution in [0, 0.1) is 6.92 Å². The number of aromatic carboxylic acids is 1. The van der Waals surface area contributed by atoms with Crippen molar-refractivity contribution in [1.29, 1.82) is 0 Å². The first-order valence-corrected chi connectivity index (χ1v) is 7.86. The van der Waals surface area contributed by atoms with Gasteiger partial charge in [-0.05, 0) is 37.2 Å². The van der Waals surface area contributed by atoms with Crippen molar-refractivity contribution in [2.75, 3.05) is 13.6 Å². The third-order valence-electron chi connectivity index (χ3n) is 4.12. The summed E-state index contributed by atoms with van der Waals surface area (Å²) in [6.45, 7) is 8.20. The first-order chi connectivity index (χ1) is 10.8. The van der Waals surface area contributed by atoms with E-state index in [0.717, 1.165) is 18.7 Å². The normalized spacial score (nSPS) is 11.7. The van der Waals surface area contributed by atoms with Gasteiger partial charge >= 0.3 is 5.97 Å². The molecule has 0 spiro atoms. The number of nitrogens with zero attached hydrogens (tertiary/aromatic N) is 1. The van der Waals surface area contributed by atoms with Crippen molar-refractivity contribution in [1.82, 2.24) is 4.90 Å². The average Bonchev–Trinajstić information content (AvgIpc) is 2.47. The molecule has 0 fully saturated rings. The van der Waals surface area contributed by atoms with Crippen molar-refractivity contribution in [3.05, 3.63) is 70.8 Å². The molecule has 3 nitrogen and oxygen atoms in total. The highest BCUT2D eigenvalue weighted by Gasteiger charge is 2.22. The van der Waals surface area contributed by atoms with Gasteiger partial charge in [-0.1, -0.05) is 55.8 Å². The number of carbonyl (C=O) groups is 1. The smallest absolute Gasteiger partial charge is 0.335 e. The second-order valence-corrected chi connectivity index (χ2v) is 6.93. The Bertz CT molecular complexity index is 674. The van der Waals surface area contributed by atoms with E-state index in [1.165, 1.54) is 11.1 Å². The number of aryl methyl sites for hydroxylation is 1. The molecule has 0 saturated heterocycles. The van der Waals surface area contributed by atoms with Crippen LogP contribution in [0.2, 0.25) is 0 Å². The Morgan fingerprint density at radius 1 is 1.13 bits per heavy atom. The van der Waals surface area contributed by atoms with Gasteiger partial charge in [-0.15, -0.1) is 0 Å². The van der Waals surface area contributed by atoms with Gasteiger partial charge < -0.3 is 10.0 Å². The SMILES string of the molecule is Cc1ccc(C(C)(C)CN(C)Cc2cccc(C(=O)O)c2)cc1. The molecule has 0 radical (unpaired) electrons. The molecule has 0 aliphatic heterocycles. The number of rotatable bonds is 6. The molecule has 2 rings (SSSR count). The van der Waals surface area contributed by atoms with Crippen molar-refractivity contribution in [3.8, 4) is 0 Å². The van der Waals surface area contributed by atoms with Gasteiger partial charge in [-0.3, -0.25) is 0 Å². The summed E-state index contributed by atoms with van der Waals surface area (Å²) in [7, 11) is 2.07. The van der Waals surface area contributed by atoms with Crippen LogP contribution in [0.15, 0.2) is 48.5 Å². The molecule has 2 aromatic carbocycles. The molecule has 0 bridgehead atoms. The quantitative estimate of drug-likeness (QED) is 0.873. The van der Waals surface area contributed by atoms with Crippen molar-refractivity contribution < 1.29 is 9.90 Å². The van der Waals surface area contributed by atoms with E-state index in [4.69, 9.17) is 5.11 Å². The zero-order valence-electron chi connectivity index (χ0n) is 14.3. The number of benzene rings is 2. The Kier molecular flexibility index (Phi) is 5.22. The van der Waals surface area contributed by atoms with Crippen LogP contribution in [0.4, 0.5) is 0 Å². The highest BCUT2D eigenvalue weighted by Crippen LogP contribution is 2.25. The minimum absolute atomic E-state index is 0.0346. The molecule has 2 aromatic rings. The molecular formula is C20H25NO2. The average molecular weight is 311 g/mol. The second-order valence-electron chi connectivity index (χ2n) is 6.93. The highest BCUT2D eigenvalue weighted by molar-refractivity contribution is 5.87. The zero-order valence-corrected chi connectivity index (χ0v) is 14.3. The largest absolute Gasteiger partial charge is 0.478 e. The maximum Gasteiger partial charge on any atom is 0.335 e. The Labute approximate surface area is 138 Å². The lowest BCUT2D eigenvalue weighted by molar-refractivity contribution is 0.0696. The fraction of sp³-hybridized carbons (Fsp3) is 0.350. The molecule has 1 N–H and O–H groups in total. The summed E-state index contributed by atoms with van der Waals surface area (Å²) in [5, 5.41) is 9.09. The van der Waals surface area contributed by atoms with Crippen molar-refractivity contribution in [2.24, 2.45) is 0 Å². The monoisotopic (exact) mass is 311 g/mol. The Morgan fingerprint density at radius 2 is 1.78 bits per heavy atom. The Balaban J connectivity index is 2.06. The molecule has 0 atom stereocenters. The summed E-state index contributed by atoms with van der Waals surface area (Å²) in [4.78, 5) is 13.3. The summed E-state index contributed by atoms with van der Waals surface area (Å²) in [5.41, 5.74) is 3.98. The minimum atomic E-state index is -0.880. The maximum atomic E-state index is 11.1.